The second kappa shape index (κ2) is 10.6. The smallest absolute Gasteiger partial charge is 0.407 e. The number of aliphatic carboxylic acids is 1. The van der Waals surface area contributed by atoms with Crippen molar-refractivity contribution in [1.82, 2.24) is 5.32 Å². The summed E-state index contributed by atoms with van der Waals surface area (Å²) in [7, 11) is 0. The fraction of sp³-hybridized carbons (Fsp3) is 0.320. The first-order chi connectivity index (χ1) is 15.0. The summed E-state index contributed by atoms with van der Waals surface area (Å²) in [5.41, 5.74) is 4.49. The molecule has 1 aliphatic rings. The molecule has 0 bridgehead atoms. The van der Waals surface area contributed by atoms with Gasteiger partial charge >= 0.3 is 12.1 Å². The summed E-state index contributed by atoms with van der Waals surface area (Å²) in [5, 5.41) is 11.5. The van der Waals surface area contributed by atoms with Crippen LogP contribution in [0.1, 0.15) is 49.1 Å². The maximum Gasteiger partial charge on any atom is 0.407 e. The van der Waals surface area contributed by atoms with Gasteiger partial charge in [-0.05, 0) is 41.5 Å². The van der Waals surface area contributed by atoms with Gasteiger partial charge in [0.25, 0.3) is 0 Å². The molecule has 6 heteroatoms. The molecular weight excluding hydrogens is 394 g/mol. The molecule has 0 unspecified atom stereocenters. The van der Waals surface area contributed by atoms with E-state index in [9.17, 15) is 14.4 Å². The number of alkyl carbamates (subject to hydrolysis) is 1. The van der Waals surface area contributed by atoms with E-state index >= 15 is 0 Å². The molecule has 0 saturated heterocycles. The van der Waals surface area contributed by atoms with Crippen LogP contribution in [-0.4, -0.2) is 35.6 Å². The minimum absolute atomic E-state index is 0.0579. The van der Waals surface area contributed by atoms with E-state index in [1.165, 1.54) is 0 Å². The van der Waals surface area contributed by atoms with Crippen molar-refractivity contribution < 1.29 is 24.2 Å². The molecule has 1 amide bonds. The first-order valence-corrected chi connectivity index (χ1v) is 10.5. The lowest BCUT2D eigenvalue weighted by Crippen LogP contribution is -2.41. The Bertz CT molecular complexity index is 922. The molecule has 0 aliphatic heterocycles. The molecule has 6 nitrogen and oxygen atoms in total. The Kier molecular flexibility index (Phi) is 7.60. The van der Waals surface area contributed by atoms with E-state index in [4.69, 9.17) is 9.84 Å². The van der Waals surface area contributed by atoms with Crippen molar-refractivity contribution in [2.24, 2.45) is 0 Å². The molecule has 1 aliphatic carbocycles. The summed E-state index contributed by atoms with van der Waals surface area (Å²) in [6.07, 6.45) is 2.20. The third kappa shape index (κ3) is 5.60. The highest BCUT2D eigenvalue weighted by atomic mass is 16.5. The summed E-state index contributed by atoms with van der Waals surface area (Å²) in [4.78, 5) is 35.7. The van der Waals surface area contributed by atoms with E-state index in [1.807, 2.05) is 36.4 Å². The van der Waals surface area contributed by atoms with Crippen LogP contribution in [0.25, 0.3) is 11.1 Å². The number of carbonyl (C=O) groups excluding carboxylic acids is 2. The number of ketones is 1. The van der Waals surface area contributed by atoms with Crippen molar-refractivity contribution in [1.29, 1.82) is 0 Å². The molecular formula is C25H27NO5. The van der Waals surface area contributed by atoms with Crippen molar-refractivity contribution >= 4 is 17.8 Å². The summed E-state index contributed by atoms with van der Waals surface area (Å²) in [6, 6.07) is 15.3. The van der Waals surface area contributed by atoms with Gasteiger partial charge in [0.1, 0.15) is 6.61 Å². The van der Waals surface area contributed by atoms with E-state index in [0.29, 0.717) is 12.8 Å². The summed E-state index contributed by atoms with van der Waals surface area (Å²) >= 11 is 0. The number of amides is 1. The van der Waals surface area contributed by atoms with Crippen LogP contribution in [0.15, 0.2) is 61.2 Å². The number of benzene rings is 2. The number of rotatable bonds is 11. The van der Waals surface area contributed by atoms with Crippen molar-refractivity contribution in [2.75, 3.05) is 6.61 Å². The van der Waals surface area contributed by atoms with Crippen LogP contribution in [-0.2, 0) is 14.3 Å². The third-order valence-electron chi connectivity index (χ3n) is 5.50. The summed E-state index contributed by atoms with van der Waals surface area (Å²) in [5.74, 6) is -1.16. The van der Waals surface area contributed by atoms with Gasteiger partial charge in [-0.15, -0.1) is 6.58 Å². The van der Waals surface area contributed by atoms with E-state index in [1.54, 1.807) is 6.08 Å². The quantitative estimate of drug-likeness (QED) is 0.514. The van der Waals surface area contributed by atoms with Crippen LogP contribution >= 0.6 is 0 Å². The van der Waals surface area contributed by atoms with Gasteiger partial charge < -0.3 is 15.2 Å². The molecule has 0 heterocycles. The van der Waals surface area contributed by atoms with Gasteiger partial charge in [-0.3, -0.25) is 9.59 Å². The monoisotopic (exact) mass is 421 g/mol. The highest BCUT2D eigenvalue weighted by Crippen LogP contribution is 2.44. The molecule has 2 aromatic carbocycles. The molecule has 0 aromatic heterocycles. The van der Waals surface area contributed by atoms with Gasteiger partial charge in [-0.2, -0.15) is 0 Å². The number of allylic oxidation sites excluding steroid dienone is 1. The molecule has 2 aromatic rings. The third-order valence-corrected chi connectivity index (χ3v) is 5.50. The Morgan fingerprint density at radius 2 is 1.65 bits per heavy atom. The number of carbonyl (C=O) groups is 3. The maximum atomic E-state index is 12.5. The Hall–Kier alpha value is -3.41. The van der Waals surface area contributed by atoms with E-state index in [0.717, 1.165) is 22.3 Å². The maximum absolute atomic E-state index is 12.5. The van der Waals surface area contributed by atoms with Crippen molar-refractivity contribution in [2.45, 2.75) is 44.1 Å². The predicted molar refractivity (Wildman–Crippen MR) is 118 cm³/mol. The van der Waals surface area contributed by atoms with Crippen LogP contribution in [0.3, 0.4) is 0 Å². The van der Waals surface area contributed by atoms with Gasteiger partial charge in [-0.1, -0.05) is 54.6 Å². The van der Waals surface area contributed by atoms with E-state index in [2.05, 4.69) is 24.0 Å². The zero-order valence-electron chi connectivity index (χ0n) is 17.4. The number of Topliss-reactive ketones (excluding diaryl/α,β-unsaturated/α-hetero) is 1. The Balaban J connectivity index is 1.63. The molecule has 1 atom stereocenters. The topological polar surface area (TPSA) is 92.7 Å². The first kappa shape index (κ1) is 22.3. The first-order valence-electron chi connectivity index (χ1n) is 10.5. The van der Waals surface area contributed by atoms with Crippen LogP contribution in [0.2, 0.25) is 0 Å². The lowest BCUT2D eigenvalue weighted by Gasteiger charge is -2.19. The molecule has 0 spiro atoms. The largest absolute Gasteiger partial charge is 0.481 e. The molecule has 31 heavy (non-hydrogen) atoms. The van der Waals surface area contributed by atoms with Crippen molar-refractivity contribution in [3.8, 4) is 11.1 Å². The van der Waals surface area contributed by atoms with E-state index in [-0.39, 0.29) is 37.6 Å². The summed E-state index contributed by atoms with van der Waals surface area (Å²) < 4.78 is 5.51. The van der Waals surface area contributed by atoms with Crippen molar-refractivity contribution in [3.63, 3.8) is 0 Å². The molecule has 2 N–H and O–H groups in total. The number of hydrogen-bond donors (Lipinski definition) is 2. The van der Waals surface area contributed by atoms with Crippen LogP contribution in [0, 0.1) is 0 Å². The van der Waals surface area contributed by atoms with Gasteiger partial charge in [0.05, 0.1) is 6.04 Å². The van der Waals surface area contributed by atoms with Gasteiger partial charge in [-0.25, -0.2) is 4.79 Å². The molecule has 0 fully saturated rings. The van der Waals surface area contributed by atoms with Crippen LogP contribution in [0.5, 0.6) is 0 Å². The van der Waals surface area contributed by atoms with Crippen LogP contribution in [0.4, 0.5) is 4.79 Å². The number of hydrogen-bond acceptors (Lipinski definition) is 4. The SMILES string of the molecule is C=CCCC(=O)[C@H](CCCC(=O)O)NC(=O)OCC1c2ccccc2-c2ccccc21. The predicted octanol–water partition coefficient (Wildman–Crippen LogP) is 4.68. The minimum Gasteiger partial charge on any atom is -0.481 e. The lowest BCUT2D eigenvalue weighted by atomic mass is 9.98. The fourth-order valence-corrected chi connectivity index (χ4v) is 3.97. The molecule has 162 valence electrons. The second-order valence-corrected chi connectivity index (χ2v) is 7.60. The highest BCUT2D eigenvalue weighted by Gasteiger charge is 2.29. The lowest BCUT2D eigenvalue weighted by molar-refractivity contribution is -0.137. The minimum atomic E-state index is -0.932. The van der Waals surface area contributed by atoms with Crippen LogP contribution < -0.4 is 5.32 Å². The van der Waals surface area contributed by atoms with E-state index < -0.39 is 18.1 Å². The Morgan fingerprint density at radius 1 is 1.03 bits per heavy atom. The average molecular weight is 421 g/mol. The van der Waals surface area contributed by atoms with Gasteiger partial charge in [0.2, 0.25) is 0 Å². The molecule has 0 radical (unpaired) electrons. The average Bonchev–Trinajstić information content (AvgIpc) is 3.09. The summed E-state index contributed by atoms with van der Waals surface area (Å²) in [6.45, 7) is 3.76. The highest BCUT2D eigenvalue weighted by molar-refractivity contribution is 5.87. The number of fused-ring (bicyclic) bond motifs is 3. The number of nitrogens with one attached hydrogen (secondary N) is 1. The van der Waals surface area contributed by atoms with Gasteiger partial charge in [0.15, 0.2) is 5.78 Å². The molecule has 0 saturated carbocycles. The number of carboxylic acid groups (broad SMARTS) is 1. The standard InChI is InChI=1S/C25H27NO5/c1-2-3-14-23(27)22(13-8-15-24(28)29)26-25(30)31-16-21-19-11-6-4-9-17(19)18-10-5-7-12-20(18)21/h2,4-7,9-12,21-22H,1,3,8,13-16H2,(H,26,30)(H,28,29)/t22-/m0/s1. The van der Waals surface area contributed by atoms with Crippen molar-refractivity contribution in [3.05, 3.63) is 72.3 Å². The second-order valence-electron chi connectivity index (χ2n) is 7.60. The number of carboxylic acids is 1. The van der Waals surface area contributed by atoms with Gasteiger partial charge in [0, 0.05) is 18.8 Å². The normalized spacial score (nSPS) is 13.0. The molecule has 3 rings (SSSR count). The Morgan fingerprint density at radius 3 is 2.23 bits per heavy atom. The fourth-order valence-electron chi connectivity index (χ4n) is 3.97. The number of ether oxygens (including phenoxy) is 1. The zero-order valence-corrected chi connectivity index (χ0v) is 17.4. The Labute approximate surface area is 181 Å². The zero-order chi connectivity index (χ0) is 22.2.